The molecule has 0 spiro atoms. The van der Waals surface area contributed by atoms with Crippen LogP contribution in [0.2, 0.25) is 0 Å². The topological polar surface area (TPSA) is 64.6 Å². The number of amides is 1. The molecule has 0 unspecified atom stereocenters. The summed E-state index contributed by atoms with van der Waals surface area (Å²) in [4.78, 5) is 25.3. The molecule has 2 aromatic carbocycles. The number of piperidine rings is 1. The molecule has 2 aliphatic heterocycles. The Kier molecular flexibility index (Phi) is 6.82. The van der Waals surface area contributed by atoms with E-state index in [1.54, 1.807) is 6.20 Å². The van der Waals surface area contributed by atoms with Crippen LogP contribution in [0.25, 0.3) is 0 Å². The number of rotatable bonds is 5. The van der Waals surface area contributed by atoms with E-state index in [1.807, 2.05) is 37.4 Å². The van der Waals surface area contributed by atoms with E-state index in [-0.39, 0.29) is 11.8 Å². The molecule has 6 nitrogen and oxygen atoms in total. The van der Waals surface area contributed by atoms with Gasteiger partial charge in [0.25, 0.3) is 0 Å². The summed E-state index contributed by atoms with van der Waals surface area (Å²) in [5, 5.41) is 0. The molecule has 2 fully saturated rings. The van der Waals surface area contributed by atoms with Crippen LogP contribution >= 0.6 is 0 Å². The van der Waals surface area contributed by atoms with Crippen molar-refractivity contribution in [1.29, 1.82) is 0 Å². The van der Waals surface area contributed by atoms with Crippen molar-refractivity contribution < 1.29 is 14.3 Å². The fourth-order valence-corrected chi connectivity index (χ4v) is 5.33. The van der Waals surface area contributed by atoms with Crippen LogP contribution in [-0.2, 0) is 14.9 Å². The van der Waals surface area contributed by atoms with Crippen molar-refractivity contribution in [3.8, 4) is 11.6 Å². The molecular weight excluding hydrogens is 438 g/mol. The number of benzene rings is 2. The molecule has 2 saturated heterocycles. The molecule has 35 heavy (non-hydrogen) atoms. The Hall–Kier alpha value is -3.25. The van der Waals surface area contributed by atoms with Crippen molar-refractivity contribution in [2.45, 2.75) is 50.9 Å². The smallest absolute Gasteiger partial charge is 0.238 e. The first-order chi connectivity index (χ1) is 17.0. The molecule has 0 N–H and O–H groups in total. The van der Waals surface area contributed by atoms with Crippen molar-refractivity contribution in [3.63, 3.8) is 0 Å². The van der Waals surface area contributed by atoms with E-state index >= 15 is 0 Å². The van der Waals surface area contributed by atoms with Gasteiger partial charge in [-0.1, -0.05) is 42.0 Å². The molecule has 0 radical (unpaired) electrons. The van der Waals surface area contributed by atoms with E-state index in [9.17, 15) is 4.79 Å². The summed E-state index contributed by atoms with van der Waals surface area (Å²) < 4.78 is 11.6. The number of carbonyl (C=O) groups is 1. The maximum absolute atomic E-state index is 14.1. The lowest BCUT2D eigenvalue weighted by Gasteiger charge is -2.42. The normalized spacial score (nSPS) is 19.8. The highest BCUT2D eigenvalue weighted by Gasteiger charge is 2.45. The first kappa shape index (κ1) is 23.5. The standard InChI is InChI=1S/C29H33N3O3/c1-21-8-10-24(11-9-21)29(12-15-34-16-13-29)28(33)32-14-4-6-23(20-32)26-18-30-19-27(31-26)35-25-7-3-5-22(2)17-25/h3,5,7-11,17-19,23H,4,6,12-16,20H2,1-2H3/t23-/m0/s1. The number of ether oxygens (including phenoxy) is 2. The molecule has 1 amide bonds. The Labute approximate surface area is 207 Å². The Balaban J connectivity index is 1.35. The molecule has 182 valence electrons. The van der Waals surface area contributed by atoms with Gasteiger partial charge in [0.2, 0.25) is 11.8 Å². The second-order valence-electron chi connectivity index (χ2n) is 9.85. The third-order valence-electron chi connectivity index (χ3n) is 7.33. The van der Waals surface area contributed by atoms with E-state index in [4.69, 9.17) is 14.5 Å². The van der Waals surface area contributed by atoms with Gasteiger partial charge in [0.1, 0.15) is 5.75 Å². The summed E-state index contributed by atoms with van der Waals surface area (Å²) in [7, 11) is 0. The molecule has 0 bridgehead atoms. The first-order valence-electron chi connectivity index (χ1n) is 12.5. The average Bonchev–Trinajstić information content (AvgIpc) is 2.89. The molecule has 0 aliphatic carbocycles. The first-order valence-corrected chi connectivity index (χ1v) is 12.5. The van der Waals surface area contributed by atoms with Gasteiger partial charge in [0.05, 0.1) is 17.3 Å². The lowest BCUT2D eigenvalue weighted by Crippen LogP contribution is -2.52. The minimum absolute atomic E-state index is 0.135. The summed E-state index contributed by atoms with van der Waals surface area (Å²) in [6, 6.07) is 16.4. The monoisotopic (exact) mass is 471 g/mol. The SMILES string of the molecule is Cc1ccc(C2(C(=O)N3CCC[C@H](c4cncc(Oc5cccc(C)c5)n4)C3)CCOCC2)cc1. The lowest BCUT2D eigenvalue weighted by molar-refractivity contribution is -0.142. The predicted octanol–water partition coefficient (Wildman–Crippen LogP) is 5.34. The van der Waals surface area contributed by atoms with E-state index < -0.39 is 5.41 Å². The molecule has 3 heterocycles. The van der Waals surface area contributed by atoms with Gasteiger partial charge in [-0.25, -0.2) is 4.98 Å². The zero-order chi connectivity index (χ0) is 24.3. The van der Waals surface area contributed by atoms with Gasteiger partial charge < -0.3 is 14.4 Å². The fourth-order valence-electron chi connectivity index (χ4n) is 5.33. The highest BCUT2D eigenvalue weighted by Crippen LogP contribution is 2.39. The quantitative estimate of drug-likeness (QED) is 0.503. The van der Waals surface area contributed by atoms with E-state index in [2.05, 4.69) is 41.1 Å². The van der Waals surface area contributed by atoms with Crippen LogP contribution in [-0.4, -0.2) is 47.1 Å². The third-order valence-corrected chi connectivity index (χ3v) is 7.33. The van der Waals surface area contributed by atoms with E-state index in [1.165, 1.54) is 5.56 Å². The number of carbonyl (C=O) groups excluding carboxylic acids is 1. The van der Waals surface area contributed by atoms with Crippen LogP contribution in [0.1, 0.15) is 54.0 Å². The van der Waals surface area contributed by atoms with Crippen LogP contribution in [0.5, 0.6) is 11.6 Å². The highest BCUT2D eigenvalue weighted by atomic mass is 16.5. The Bertz CT molecular complexity index is 1170. The number of likely N-dealkylation sites (tertiary alicyclic amines) is 1. The fraction of sp³-hybridized carbons (Fsp3) is 0.414. The number of aryl methyl sites for hydroxylation is 2. The molecule has 1 atom stereocenters. The van der Waals surface area contributed by atoms with E-state index in [0.717, 1.165) is 54.8 Å². The lowest BCUT2D eigenvalue weighted by atomic mass is 9.72. The largest absolute Gasteiger partial charge is 0.437 e. The van der Waals surface area contributed by atoms with Gasteiger partial charge in [-0.3, -0.25) is 9.78 Å². The van der Waals surface area contributed by atoms with Gasteiger partial charge in [-0.2, -0.15) is 0 Å². The van der Waals surface area contributed by atoms with Crippen LogP contribution < -0.4 is 4.74 Å². The van der Waals surface area contributed by atoms with Crippen LogP contribution in [0, 0.1) is 13.8 Å². The second kappa shape index (κ2) is 10.2. The van der Waals surface area contributed by atoms with Crippen LogP contribution in [0.3, 0.4) is 0 Å². The molecule has 5 rings (SSSR count). The number of nitrogens with zero attached hydrogens (tertiary/aromatic N) is 3. The predicted molar refractivity (Wildman–Crippen MR) is 135 cm³/mol. The Morgan fingerprint density at radius 1 is 1.06 bits per heavy atom. The number of hydrogen-bond donors (Lipinski definition) is 0. The minimum Gasteiger partial charge on any atom is -0.437 e. The van der Waals surface area contributed by atoms with Gasteiger partial charge in [-0.15, -0.1) is 0 Å². The minimum atomic E-state index is -0.518. The zero-order valence-electron chi connectivity index (χ0n) is 20.6. The van der Waals surface area contributed by atoms with Gasteiger partial charge >= 0.3 is 0 Å². The molecule has 3 aromatic rings. The van der Waals surface area contributed by atoms with Gasteiger partial charge in [-0.05, 0) is 62.8 Å². The van der Waals surface area contributed by atoms with E-state index in [0.29, 0.717) is 25.6 Å². The maximum atomic E-state index is 14.1. The molecule has 0 saturated carbocycles. The second-order valence-corrected chi connectivity index (χ2v) is 9.85. The number of hydrogen-bond acceptors (Lipinski definition) is 5. The average molecular weight is 472 g/mol. The van der Waals surface area contributed by atoms with Gasteiger partial charge in [0, 0.05) is 38.4 Å². The molecular formula is C29H33N3O3. The number of aromatic nitrogens is 2. The summed E-state index contributed by atoms with van der Waals surface area (Å²) in [6.07, 6.45) is 6.82. The van der Waals surface area contributed by atoms with Crippen molar-refractivity contribution in [3.05, 3.63) is 83.3 Å². The van der Waals surface area contributed by atoms with Crippen molar-refractivity contribution in [2.24, 2.45) is 0 Å². The maximum Gasteiger partial charge on any atom is 0.238 e. The summed E-state index contributed by atoms with van der Waals surface area (Å²) in [5.74, 6) is 1.58. The van der Waals surface area contributed by atoms with Crippen LogP contribution in [0.15, 0.2) is 60.9 Å². The van der Waals surface area contributed by atoms with Crippen LogP contribution in [0.4, 0.5) is 0 Å². The Morgan fingerprint density at radius 3 is 2.63 bits per heavy atom. The molecule has 1 aromatic heterocycles. The van der Waals surface area contributed by atoms with Crippen molar-refractivity contribution in [1.82, 2.24) is 14.9 Å². The highest BCUT2D eigenvalue weighted by molar-refractivity contribution is 5.88. The molecule has 2 aliphatic rings. The summed E-state index contributed by atoms with van der Waals surface area (Å²) >= 11 is 0. The Morgan fingerprint density at radius 2 is 1.86 bits per heavy atom. The van der Waals surface area contributed by atoms with Crippen molar-refractivity contribution >= 4 is 5.91 Å². The summed E-state index contributed by atoms with van der Waals surface area (Å²) in [6.45, 7) is 6.76. The van der Waals surface area contributed by atoms with Crippen molar-refractivity contribution in [2.75, 3.05) is 26.3 Å². The molecule has 6 heteroatoms. The zero-order valence-corrected chi connectivity index (χ0v) is 20.6. The van der Waals surface area contributed by atoms with Gasteiger partial charge in [0.15, 0.2) is 0 Å². The third kappa shape index (κ3) is 5.08. The summed E-state index contributed by atoms with van der Waals surface area (Å²) in [5.41, 5.74) is 3.79.